The number of carboxylic acid groups (broad SMARTS) is 2. The molecular weight excluding hydrogens is 1120 g/mol. The maximum Gasteiger partial charge on any atom is 0.320 e. The number of nitriles is 1. The number of fused-ring (bicyclic) bond motifs is 1. The fourth-order valence-corrected chi connectivity index (χ4v) is 9.62. The Kier molecular flexibility index (Phi) is 26.9. The van der Waals surface area contributed by atoms with Gasteiger partial charge in [0.05, 0.1) is 42.5 Å². The van der Waals surface area contributed by atoms with Gasteiger partial charge < -0.3 is 67.4 Å². The molecule has 29 heteroatoms. The molecule has 0 bridgehead atoms. The summed E-state index contributed by atoms with van der Waals surface area (Å²) in [4.78, 5) is 137. The second-order valence-electron chi connectivity index (χ2n) is 21.5. The number of rotatable bonds is 27. The Balaban J connectivity index is 1.18. The first-order chi connectivity index (χ1) is 40.9. The van der Waals surface area contributed by atoms with Crippen molar-refractivity contribution in [2.75, 3.05) is 125 Å². The van der Waals surface area contributed by atoms with Crippen LogP contribution in [-0.4, -0.2) is 254 Å². The average Bonchev–Trinajstić information content (AvgIpc) is 2.35. The Hall–Kier alpha value is -8.46. The molecule has 2 aliphatic rings. The van der Waals surface area contributed by atoms with Crippen LogP contribution in [0, 0.1) is 11.3 Å². The Morgan fingerprint density at radius 3 is 2.14 bits per heavy atom. The summed E-state index contributed by atoms with van der Waals surface area (Å²) in [5.74, 6) is -9.83. The van der Waals surface area contributed by atoms with Crippen LogP contribution in [0.25, 0.3) is 10.9 Å². The van der Waals surface area contributed by atoms with Gasteiger partial charge in [-0.05, 0) is 51.1 Å². The average molecular weight is 1200 g/mol. The summed E-state index contributed by atoms with van der Waals surface area (Å²) >= 11 is 0. The van der Waals surface area contributed by atoms with Gasteiger partial charge in [-0.2, -0.15) is 5.26 Å². The number of aromatic nitrogens is 1. The summed E-state index contributed by atoms with van der Waals surface area (Å²) < 4.78 is 27.9. The van der Waals surface area contributed by atoms with Crippen LogP contribution >= 0.6 is 0 Å². The minimum atomic E-state index is -3.24. The molecule has 1 unspecified atom stereocenters. The number of benzene rings is 2. The number of guanidine groups is 1. The minimum absolute atomic E-state index is 0.0321. The third kappa shape index (κ3) is 22.5. The number of amides is 7. The van der Waals surface area contributed by atoms with E-state index in [1.165, 1.54) is 24.4 Å². The number of aliphatic imine (C=N–C) groups is 1. The summed E-state index contributed by atoms with van der Waals surface area (Å²) in [6.45, 7) is 2.34. The molecule has 1 aromatic heterocycles. The monoisotopic (exact) mass is 1200 g/mol. The number of carbonyl (C=O) groups excluding carboxylic acids is 7. The van der Waals surface area contributed by atoms with E-state index in [2.05, 4.69) is 51.7 Å². The normalized spacial score (nSPS) is 17.5. The number of anilines is 1. The minimum Gasteiger partial charge on any atom is -0.480 e. The Morgan fingerprint density at radius 2 is 1.45 bits per heavy atom. The molecule has 86 heavy (non-hydrogen) atoms. The van der Waals surface area contributed by atoms with Crippen LogP contribution in [0.5, 0.6) is 0 Å². The fraction of sp³-hybridized carbons (Fsp3) is 0.544. The van der Waals surface area contributed by atoms with Gasteiger partial charge in [-0.15, -0.1) is 0 Å². The molecular formula is C57H80F2N16O11. The number of hydrogen-bond acceptors (Lipinski definition) is 16. The number of likely N-dealkylation sites (tertiary alicyclic amines) is 1. The number of pyridine rings is 1. The van der Waals surface area contributed by atoms with Crippen LogP contribution in [0.1, 0.15) is 60.9 Å². The number of alkyl halides is 2. The molecule has 2 fully saturated rings. The predicted molar refractivity (Wildman–Crippen MR) is 313 cm³/mol. The topological polar surface area (TPSA) is 361 Å². The van der Waals surface area contributed by atoms with Crippen molar-refractivity contribution in [1.29, 1.82) is 5.26 Å². The lowest BCUT2D eigenvalue weighted by Crippen LogP contribution is -2.55. The number of nitrogens with zero attached hydrogens (tertiary/aromatic N) is 9. The zero-order valence-corrected chi connectivity index (χ0v) is 49.1. The molecule has 10 N–H and O–H groups in total. The fourth-order valence-electron chi connectivity index (χ4n) is 9.62. The largest absolute Gasteiger partial charge is 0.480 e. The van der Waals surface area contributed by atoms with Gasteiger partial charge in [0.15, 0.2) is 5.96 Å². The lowest BCUT2D eigenvalue weighted by Gasteiger charge is -2.34. The van der Waals surface area contributed by atoms with Crippen LogP contribution < -0.4 is 37.6 Å². The third-order valence-electron chi connectivity index (χ3n) is 14.6. The maximum atomic E-state index is 14.2. The van der Waals surface area contributed by atoms with E-state index in [1.807, 2.05) is 14.1 Å². The van der Waals surface area contributed by atoms with Crippen molar-refractivity contribution in [3.8, 4) is 6.07 Å². The smallest absolute Gasteiger partial charge is 0.320 e. The van der Waals surface area contributed by atoms with Gasteiger partial charge in [-0.1, -0.05) is 42.5 Å². The van der Waals surface area contributed by atoms with E-state index in [1.54, 1.807) is 71.3 Å². The van der Waals surface area contributed by atoms with E-state index in [9.17, 15) is 67.4 Å². The first-order valence-corrected chi connectivity index (χ1v) is 28.4. The molecule has 2 aliphatic heterocycles. The van der Waals surface area contributed by atoms with Crippen LogP contribution in [-0.2, 0) is 44.8 Å². The number of para-hydroxylation sites is 1. The van der Waals surface area contributed by atoms with E-state index in [-0.39, 0.29) is 99.4 Å². The van der Waals surface area contributed by atoms with Crippen LogP contribution in [0.4, 0.5) is 14.5 Å². The molecule has 4 atom stereocenters. The van der Waals surface area contributed by atoms with Crippen LogP contribution in [0.2, 0.25) is 0 Å². The van der Waals surface area contributed by atoms with Crippen molar-refractivity contribution < 1.29 is 62.1 Å². The highest BCUT2D eigenvalue weighted by molar-refractivity contribution is 6.11. The van der Waals surface area contributed by atoms with Crippen LogP contribution in [0.3, 0.4) is 0 Å². The SMILES string of the molecule is CN1CCN(C)CCN(C(CCC(=O)NCCNC(=O)[C@H](Cc2ccccc2)NC(=O)[C@H](CCCN=C(N)N(C)C)NC(=O)CCC(=O)Nc2cccc3c(C(=O)NCC(=O)N4CC(F)(F)C[C@H]4C#N)ccnc23)C(=O)O)CCN(CC(=O)O)CC1. The highest BCUT2D eigenvalue weighted by Gasteiger charge is 2.47. The molecule has 0 saturated carbocycles. The van der Waals surface area contributed by atoms with Crippen molar-refractivity contribution in [2.45, 2.75) is 81.5 Å². The highest BCUT2D eigenvalue weighted by atomic mass is 19.3. The van der Waals surface area contributed by atoms with Crippen molar-refractivity contribution >= 4 is 75.8 Å². The highest BCUT2D eigenvalue weighted by Crippen LogP contribution is 2.32. The second-order valence-corrected chi connectivity index (χ2v) is 21.5. The Morgan fingerprint density at radius 1 is 0.791 bits per heavy atom. The van der Waals surface area contributed by atoms with E-state index < -0.39 is 109 Å². The number of nitrogens with two attached hydrogens (primary N) is 1. The first kappa shape index (κ1) is 68.3. The quantitative estimate of drug-likeness (QED) is 0.0260. The van der Waals surface area contributed by atoms with Crippen molar-refractivity contribution in [3.05, 3.63) is 71.9 Å². The lowest BCUT2D eigenvalue weighted by atomic mass is 10.0. The van der Waals surface area contributed by atoms with E-state index in [0.29, 0.717) is 38.3 Å². The Bertz CT molecular complexity index is 2910. The van der Waals surface area contributed by atoms with Crippen molar-refractivity contribution in [3.63, 3.8) is 0 Å². The van der Waals surface area contributed by atoms with E-state index in [0.717, 1.165) is 18.0 Å². The van der Waals surface area contributed by atoms with Crippen molar-refractivity contribution in [1.82, 2.24) is 61.0 Å². The van der Waals surface area contributed by atoms with Crippen LogP contribution in [0.15, 0.2) is 65.8 Å². The summed E-state index contributed by atoms with van der Waals surface area (Å²) in [6, 6.07) is 11.7. The molecule has 0 aliphatic carbocycles. The van der Waals surface area contributed by atoms with Gasteiger partial charge in [0.1, 0.15) is 24.2 Å². The number of carbonyl (C=O) groups is 9. The number of carboxylic acids is 2. The molecule has 2 saturated heterocycles. The van der Waals surface area contributed by atoms with Gasteiger partial charge in [0.2, 0.25) is 35.4 Å². The van der Waals surface area contributed by atoms with Crippen molar-refractivity contribution in [2.24, 2.45) is 10.7 Å². The van der Waals surface area contributed by atoms with Gasteiger partial charge in [-0.3, -0.25) is 62.9 Å². The Labute approximate surface area is 498 Å². The van der Waals surface area contributed by atoms with E-state index in [4.69, 9.17) is 5.73 Å². The van der Waals surface area contributed by atoms with Gasteiger partial charge in [0.25, 0.3) is 11.8 Å². The first-order valence-electron chi connectivity index (χ1n) is 28.4. The lowest BCUT2D eigenvalue weighted by molar-refractivity contribution is -0.144. The molecule has 5 rings (SSSR count). The zero-order chi connectivity index (χ0) is 62.9. The number of halogens is 2. The zero-order valence-electron chi connectivity index (χ0n) is 49.1. The molecule has 27 nitrogen and oxygen atoms in total. The number of likely N-dealkylation sites (N-methyl/N-ethyl adjacent to an activating group) is 2. The van der Waals surface area contributed by atoms with Gasteiger partial charge in [-0.25, -0.2) is 8.78 Å². The molecule has 7 amide bonds. The number of aliphatic carboxylic acids is 2. The number of nitrogens with one attached hydrogen (secondary N) is 6. The third-order valence-corrected chi connectivity index (χ3v) is 14.6. The standard InChI is InChI=1S/C57H80F2N16O11/c1-70(2)56(61)65-20-9-14-43(68-48(78)18-17-47(77)67-42-13-8-12-40-41(19-21-63-51(40)42)52(82)66-35-49(79)75-37-57(58,59)33-39(75)34-60)54(84)69-44(32-38-10-6-5-7-11-38)53(83)64-23-22-62-46(76)16-15-45(55(85)86)74-30-27-72(4)25-24-71(3)26-28-73(29-31-74)36-50(80)81/h5-8,10-13,19,21,39,43-45H,9,14-18,20,22-33,35-37H2,1-4H3,(H2,61,65)(H,62,76)(H,64,83)(H,66,82)(H,67,77)(H,68,78)(H,69,84)(H,80,81)(H,85,86)/t39-,43-,44-,45?/m0/s1. The molecule has 3 aromatic rings. The number of hydrogen-bond donors (Lipinski definition) is 9. The van der Waals surface area contributed by atoms with Gasteiger partial charge in [0, 0.05) is 130 Å². The summed E-state index contributed by atoms with van der Waals surface area (Å²) in [7, 11) is 7.32. The molecule has 0 spiro atoms. The molecule has 0 radical (unpaired) electrons. The second kappa shape index (κ2) is 33.9. The molecule has 2 aromatic carbocycles. The maximum absolute atomic E-state index is 14.2. The summed E-state index contributed by atoms with van der Waals surface area (Å²) in [6.07, 6.45) is -0.138. The summed E-state index contributed by atoms with van der Waals surface area (Å²) in [5.41, 5.74) is 7.06. The predicted octanol–water partition coefficient (Wildman–Crippen LogP) is -0.657. The molecule has 3 heterocycles. The molecule has 468 valence electrons. The summed E-state index contributed by atoms with van der Waals surface area (Å²) in [5, 5.41) is 45.4. The van der Waals surface area contributed by atoms with E-state index >= 15 is 0 Å². The van der Waals surface area contributed by atoms with Gasteiger partial charge >= 0.3 is 11.9 Å².